The quantitative estimate of drug-likeness (QED) is 0.801. The second-order valence-electron chi connectivity index (χ2n) is 5.04. The van der Waals surface area contributed by atoms with Crippen molar-refractivity contribution in [3.8, 4) is 0 Å². The van der Waals surface area contributed by atoms with Gasteiger partial charge in [0.15, 0.2) is 0 Å². The molecule has 1 atom stereocenters. The van der Waals surface area contributed by atoms with Gasteiger partial charge in [0, 0.05) is 30.8 Å². The van der Waals surface area contributed by atoms with Crippen LogP contribution in [0.3, 0.4) is 0 Å². The number of hydrogen-bond acceptors (Lipinski definition) is 4. The summed E-state index contributed by atoms with van der Waals surface area (Å²) in [6.07, 6.45) is 0.618. The van der Waals surface area contributed by atoms with Gasteiger partial charge in [-0.25, -0.2) is 13.1 Å². The van der Waals surface area contributed by atoms with Crippen LogP contribution < -0.4 is 10.5 Å². The molecule has 0 aliphatic carbocycles. The van der Waals surface area contributed by atoms with Crippen LogP contribution in [0.1, 0.15) is 13.3 Å². The van der Waals surface area contributed by atoms with E-state index in [4.69, 9.17) is 10.5 Å². The molecule has 5 nitrogen and oxygen atoms in total. The lowest BCUT2D eigenvalue weighted by molar-refractivity contribution is 0.188. The minimum Gasteiger partial charge on any atom is -0.399 e. The van der Waals surface area contributed by atoms with Crippen LogP contribution in [0.2, 0.25) is 0 Å². The number of fused-ring (bicyclic) bond motifs is 1. The zero-order valence-electron chi connectivity index (χ0n) is 12.2. The van der Waals surface area contributed by atoms with Gasteiger partial charge < -0.3 is 10.5 Å². The van der Waals surface area contributed by atoms with Crippen molar-refractivity contribution in [2.24, 2.45) is 0 Å². The summed E-state index contributed by atoms with van der Waals surface area (Å²) in [5, 5.41) is 1.47. The lowest BCUT2D eigenvalue weighted by Gasteiger charge is -2.15. The summed E-state index contributed by atoms with van der Waals surface area (Å²) in [6, 6.07) is 10.2. The van der Waals surface area contributed by atoms with Gasteiger partial charge in [-0.1, -0.05) is 18.2 Å². The maximum absolute atomic E-state index is 12.5. The van der Waals surface area contributed by atoms with Crippen LogP contribution in [0.5, 0.6) is 0 Å². The predicted octanol–water partition coefficient (Wildman–Crippen LogP) is 2.13. The van der Waals surface area contributed by atoms with Crippen molar-refractivity contribution in [2.45, 2.75) is 24.3 Å². The number of hydrogen-bond donors (Lipinski definition) is 2. The fourth-order valence-electron chi connectivity index (χ4n) is 2.19. The summed E-state index contributed by atoms with van der Waals surface area (Å²) >= 11 is 0. The van der Waals surface area contributed by atoms with E-state index in [2.05, 4.69) is 4.72 Å². The Kier molecular flexibility index (Phi) is 4.82. The van der Waals surface area contributed by atoms with E-state index in [0.29, 0.717) is 24.1 Å². The Morgan fingerprint density at radius 1 is 1.29 bits per heavy atom. The maximum atomic E-state index is 12.5. The van der Waals surface area contributed by atoms with Gasteiger partial charge in [-0.15, -0.1) is 0 Å². The fraction of sp³-hybridized carbons (Fsp3) is 0.333. The number of methoxy groups -OCH3 is 1. The second kappa shape index (κ2) is 6.43. The topological polar surface area (TPSA) is 81.4 Å². The largest absolute Gasteiger partial charge is 0.399 e. The third-order valence-electron chi connectivity index (χ3n) is 3.27. The van der Waals surface area contributed by atoms with Gasteiger partial charge in [0.1, 0.15) is 0 Å². The maximum Gasteiger partial charge on any atom is 0.241 e. The zero-order valence-corrected chi connectivity index (χ0v) is 13.0. The highest BCUT2D eigenvalue weighted by Gasteiger charge is 2.19. The number of nitrogens with one attached hydrogen (secondary N) is 1. The first-order valence-electron chi connectivity index (χ1n) is 6.73. The molecule has 0 saturated heterocycles. The van der Waals surface area contributed by atoms with E-state index in [-0.39, 0.29) is 10.9 Å². The number of ether oxygens (including phenoxy) is 1. The highest BCUT2D eigenvalue weighted by Crippen LogP contribution is 2.25. The number of nitrogen functional groups attached to an aromatic ring is 1. The molecule has 2 aromatic carbocycles. The van der Waals surface area contributed by atoms with E-state index in [1.807, 2.05) is 13.0 Å². The number of benzene rings is 2. The standard InChI is InChI=1S/C15H20N2O3S/c1-11(8-9-20-2)17-21(18,19)15-5-3-4-12-10-13(16)6-7-14(12)15/h3-7,10-11,17H,8-9,16H2,1-2H3. The minimum atomic E-state index is -3.58. The van der Waals surface area contributed by atoms with Gasteiger partial charge in [-0.3, -0.25) is 0 Å². The molecule has 0 amide bonds. The van der Waals surface area contributed by atoms with Crippen LogP contribution in [-0.4, -0.2) is 28.2 Å². The van der Waals surface area contributed by atoms with Crippen LogP contribution in [-0.2, 0) is 14.8 Å². The Balaban J connectivity index is 2.36. The summed E-state index contributed by atoms with van der Waals surface area (Å²) in [6.45, 7) is 2.33. The lowest BCUT2D eigenvalue weighted by atomic mass is 10.1. The number of sulfonamides is 1. The first-order chi connectivity index (χ1) is 9.94. The van der Waals surface area contributed by atoms with Crippen molar-refractivity contribution in [1.82, 2.24) is 4.72 Å². The summed E-state index contributed by atoms with van der Waals surface area (Å²) in [7, 11) is -1.98. The van der Waals surface area contributed by atoms with E-state index in [9.17, 15) is 8.42 Å². The Bertz CT molecular complexity index is 729. The van der Waals surface area contributed by atoms with Gasteiger partial charge in [-0.2, -0.15) is 0 Å². The molecule has 0 aliphatic heterocycles. The Morgan fingerprint density at radius 2 is 2.05 bits per heavy atom. The predicted molar refractivity (Wildman–Crippen MR) is 84.6 cm³/mol. The second-order valence-corrected chi connectivity index (χ2v) is 6.72. The number of anilines is 1. The summed E-state index contributed by atoms with van der Waals surface area (Å²) in [5.74, 6) is 0. The fourth-order valence-corrected chi connectivity index (χ4v) is 3.70. The molecule has 3 N–H and O–H groups in total. The molecule has 6 heteroatoms. The molecular weight excluding hydrogens is 288 g/mol. The molecule has 0 aliphatic rings. The SMILES string of the molecule is COCCC(C)NS(=O)(=O)c1cccc2cc(N)ccc12. The molecule has 114 valence electrons. The van der Waals surface area contributed by atoms with Crippen molar-refractivity contribution < 1.29 is 13.2 Å². The first-order valence-corrected chi connectivity index (χ1v) is 8.22. The van der Waals surface area contributed by atoms with Gasteiger partial charge >= 0.3 is 0 Å². The van der Waals surface area contributed by atoms with E-state index in [1.54, 1.807) is 37.4 Å². The highest BCUT2D eigenvalue weighted by molar-refractivity contribution is 7.89. The molecule has 0 aromatic heterocycles. The van der Waals surface area contributed by atoms with Gasteiger partial charge in [0.25, 0.3) is 0 Å². The van der Waals surface area contributed by atoms with Crippen molar-refractivity contribution in [1.29, 1.82) is 0 Å². The van der Waals surface area contributed by atoms with Crippen LogP contribution in [0.25, 0.3) is 10.8 Å². The van der Waals surface area contributed by atoms with Crippen LogP contribution in [0.4, 0.5) is 5.69 Å². The monoisotopic (exact) mass is 308 g/mol. The molecule has 2 aromatic rings. The molecule has 1 unspecified atom stereocenters. The molecule has 0 saturated carbocycles. The highest BCUT2D eigenvalue weighted by atomic mass is 32.2. The molecule has 2 rings (SSSR count). The third-order valence-corrected chi connectivity index (χ3v) is 4.91. The van der Waals surface area contributed by atoms with Gasteiger partial charge in [0.2, 0.25) is 10.0 Å². The lowest BCUT2D eigenvalue weighted by Crippen LogP contribution is -2.33. The minimum absolute atomic E-state index is 0.195. The van der Waals surface area contributed by atoms with E-state index < -0.39 is 10.0 Å². The molecule has 0 bridgehead atoms. The molecule has 0 radical (unpaired) electrons. The number of nitrogens with two attached hydrogens (primary N) is 1. The van der Waals surface area contributed by atoms with E-state index >= 15 is 0 Å². The average Bonchev–Trinajstić information content (AvgIpc) is 2.43. The molecular formula is C15H20N2O3S. The zero-order chi connectivity index (χ0) is 15.5. The van der Waals surface area contributed by atoms with Crippen LogP contribution in [0.15, 0.2) is 41.3 Å². The van der Waals surface area contributed by atoms with Crippen molar-refractivity contribution >= 4 is 26.5 Å². The first kappa shape index (κ1) is 15.8. The van der Waals surface area contributed by atoms with Crippen LogP contribution >= 0.6 is 0 Å². The van der Waals surface area contributed by atoms with Crippen molar-refractivity contribution in [3.63, 3.8) is 0 Å². The van der Waals surface area contributed by atoms with E-state index in [1.165, 1.54) is 0 Å². The Morgan fingerprint density at radius 3 is 2.76 bits per heavy atom. The number of rotatable bonds is 6. The smallest absolute Gasteiger partial charge is 0.241 e. The molecule has 0 fully saturated rings. The summed E-state index contributed by atoms with van der Waals surface area (Å²) in [4.78, 5) is 0.268. The molecule has 0 heterocycles. The summed E-state index contributed by atoms with van der Waals surface area (Å²) < 4.78 is 32.7. The normalized spacial score (nSPS) is 13.4. The Labute approximate surface area is 125 Å². The van der Waals surface area contributed by atoms with Gasteiger partial charge in [-0.05, 0) is 36.9 Å². The van der Waals surface area contributed by atoms with Crippen molar-refractivity contribution in [3.05, 3.63) is 36.4 Å². The Hall–Kier alpha value is -1.63. The molecule has 21 heavy (non-hydrogen) atoms. The third kappa shape index (κ3) is 3.72. The summed E-state index contributed by atoms with van der Waals surface area (Å²) in [5.41, 5.74) is 6.35. The van der Waals surface area contributed by atoms with Crippen LogP contribution in [0, 0.1) is 0 Å². The molecule has 0 spiro atoms. The van der Waals surface area contributed by atoms with Gasteiger partial charge in [0.05, 0.1) is 4.90 Å². The average molecular weight is 308 g/mol. The van der Waals surface area contributed by atoms with Crippen molar-refractivity contribution in [2.75, 3.05) is 19.5 Å². The van der Waals surface area contributed by atoms with E-state index in [0.717, 1.165) is 5.39 Å².